The average Bonchev–Trinajstić information content (AvgIpc) is 2.91. The highest BCUT2D eigenvalue weighted by Gasteiger charge is 2.25. The SMILES string of the molecule is Cc1cnc(N2CCN(c3nc4c([C@@H](C)Nc5ccccc5C(=O)O)cc(F)cn4c(=O)c3C)CC2)nc1. The first kappa shape index (κ1) is 25.1. The van der Waals surface area contributed by atoms with Crippen molar-refractivity contribution in [3.05, 3.63) is 87.3 Å². The largest absolute Gasteiger partial charge is 0.478 e. The van der Waals surface area contributed by atoms with E-state index in [1.807, 2.05) is 11.8 Å². The van der Waals surface area contributed by atoms with E-state index in [0.29, 0.717) is 60.4 Å². The van der Waals surface area contributed by atoms with Crippen LogP contribution in [0.15, 0.2) is 53.7 Å². The van der Waals surface area contributed by atoms with Crippen LogP contribution in [0, 0.1) is 19.7 Å². The van der Waals surface area contributed by atoms with Crippen LogP contribution in [-0.4, -0.2) is 56.6 Å². The Morgan fingerprint density at radius 2 is 1.74 bits per heavy atom. The first-order valence-electron chi connectivity index (χ1n) is 12.3. The van der Waals surface area contributed by atoms with E-state index in [1.54, 1.807) is 44.4 Å². The molecular formula is C27H28FN7O3. The number of carboxylic acid groups (broad SMARTS) is 1. The molecule has 3 aromatic heterocycles. The highest BCUT2D eigenvalue weighted by atomic mass is 19.1. The molecule has 1 atom stereocenters. The molecule has 10 nitrogen and oxygen atoms in total. The van der Waals surface area contributed by atoms with Gasteiger partial charge in [0.05, 0.1) is 17.2 Å². The van der Waals surface area contributed by atoms with E-state index in [0.717, 1.165) is 11.8 Å². The standard InChI is InChI=1S/C27H28FN7O3/c1-16-13-29-27(30-14-16)34-10-8-33(9-11-34)23-17(2)25(36)35-15-19(28)12-21(24(35)32-23)18(3)31-22-7-5-4-6-20(22)26(37)38/h4-7,12-15,18,31H,8-11H2,1-3H3,(H,37,38)/t18-/m1/s1. The monoisotopic (exact) mass is 517 g/mol. The zero-order valence-corrected chi connectivity index (χ0v) is 21.3. The molecule has 2 N–H and O–H groups in total. The summed E-state index contributed by atoms with van der Waals surface area (Å²) in [5.41, 5.74) is 2.30. The summed E-state index contributed by atoms with van der Waals surface area (Å²) < 4.78 is 15.9. The molecule has 0 aliphatic carbocycles. The number of anilines is 3. The van der Waals surface area contributed by atoms with Crippen LogP contribution in [0.4, 0.5) is 21.8 Å². The minimum absolute atomic E-state index is 0.0946. The molecule has 1 aromatic carbocycles. The third kappa shape index (κ3) is 4.74. The van der Waals surface area contributed by atoms with Crippen LogP contribution in [0.2, 0.25) is 0 Å². The van der Waals surface area contributed by atoms with Crippen molar-refractivity contribution < 1.29 is 14.3 Å². The fourth-order valence-electron chi connectivity index (χ4n) is 4.71. The molecule has 0 spiro atoms. The van der Waals surface area contributed by atoms with Crippen LogP contribution >= 0.6 is 0 Å². The van der Waals surface area contributed by atoms with Gasteiger partial charge >= 0.3 is 5.97 Å². The summed E-state index contributed by atoms with van der Waals surface area (Å²) in [6, 6.07) is 7.28. The van der Waals surface area contributed by atoms with E-state index in [9.17, 15) is 19.1 Å². The Morgan fingerprint density at radius 3 is 2.42 bits per heavy atom. The maximum Gasteiger partial charge on any atom is 0.337 e. The Labute approximate surface area is 218 Å². The molecular weight excluding hydrogens is 489 g/mol. The van der Waals surface area contributed by atoms with Gasteiger partial charge in [0.2, 0.25) is 5.95 Å². The smallest absolute Gasteiger partial charge is 0.337 e. The zero-order chi connectivity index (χ0) is 27.0. The maximum absolute atomic E-state index is 14.7. The van der Waals surface area contributed by atoms with Crippen molar-refractivity contribution in [1.29, 1.82) is 0 Å². The number of pyridine rings is 1. The number of rotatable bonds is 6. The zero-order valence-electron chi connectivity index (χ0n) is 21.3. The van der Waals surface area contributed by atoms with E-state index < -0.39 is 17.8 Å². The van der Waals surface area contributed by atoms with E-state index in [-0.39, 0.29) is 11.1 Å². The lowest BCUT2D eigenvalue weighted by Crippen LogP contribution is -2.48. The summed E-state index contributed by atoms with van der Waals surface area (Å²) in [5, 5.41) is 12.7. The van der Waals surface area contributed by atoms with Gasteiger partial charge < -0.3 is 20.2 Å². The molecule has 1 fully saturated rings. The number of fused-ring (bicyclic) bond motifs is 1. The Kier molecular flexibility index (Phi) is 6.66. The number of carbonyl (C=O) groups is 1. The fourth-order valence-corrected chi connectivity index (χ4v) is 4.71. The van der Waals surface area contributed by atoms with Gasteiger partial charge in [-0.3, -0.25) is 9.20 Å². The number of hydrogen-bond acceptors (Lipinski definition) is 8. The number of nitrogens with zero attached hydrogens (tertiary/aromatic N) is 6. The number of aryl methyl sites for hydroxylation is 1. The molecule has 38 heavy (non-hydrogen) atoms. The first-order chi connectivity index (χ1) is 18.2. The highest BCUT2D eigenvalue weighted by molar-refractivity contribution is 5.94. The number of carboxylic acids is 1. The van der Waals surface area contributed by atoms with Crippen LogP contribution < -0.4 is 20.7 Å². The molecule has 0 unspecified atom stereocenters. The number of piperazine rings is 1. The molecule has 0 radical (unpaired) electrons. The molecule has 5 rings (SSSR count). The third-order valence-electron chi connectivity index (χ3n) is 6.74. The van der Waals surface area contributed by atoms with Gasteiger partial charge in [0.1, 0.15) is 17.3 Å². The summed E-state index contributed by atoms with van der Waals surface area (Å²) in [7, 11) is 0. The number of aromatic nitrogens is 4. The Hall–Kier alpha value is -4.54. The van der Waals surface area contributed by atoms with Crippen molar-refractivity contribution in [2.45, 2.75) is 26.8 Å². The molecule has 1 saturated heterocycles. The highest BCUT2D eigenvalue weighted by Crippen LogP contribution is 2.27. The minimum Gasteiger partial charge on any atom is -0.478 e. The number of aromatic carboxylic acids is 1. The van der Waals surface area contributed by atoms with Crippen molar-refractivity contribution in [3.8, 4) is 0 Å². The molecule has 0 amide bonds. The molecule has 196 valence electrons. The van der Waals surface area contributed by atoms with Crippen LogP contribution in [0.1, 0.15) is 40.0 Å². The fraction of sp³-hybridized carbons (Fsp3) is 0.296. The van der Waals surface area contributed by atoms with Crippen LogP contribution in [0.25, 0.3) is 5.65 Å². The van der Waals surface area contributed by atoms with E-state index >= 15 is 0 Å². The van der Waals surface area contributed by atoms with Gasteiger partial charge in [0.15, 0.2) is 0 Å². The Morgan fingerprint density at radius 1 is 1.08 bits per heavy atom. The quantitative estimate of drug-likeness (QED) is 0.397. The number of benzene rings is 1. The number of halogens is 1. The van der Waals surface area contributed by atoms with Crippen molar-refractivity contribution >= 4 is 29.1 Å². The second-order valence-corrected chi connectivity index (χ2v) is 9.42. The molecule has 11 heteroatoms. The second-order valence-electron chi connectivity index (χ2n) is 9.42. The lowest BCUT2D eigenvalue weighted by atomic mass is 10.1. The predicted molar refractivity (Wildman–Crippen MR) is 143 cm³/mol. The van der Waals surface area contributed by atoms with Gasteiger partial charge in [-0.05, 0) is 44.5 Å². The molecule has 1 aliphatic rings. The van der Waals surface area contributed by atoms with Crippen molar-refractivity contribution in [3.63, 3.8) is 0 Å². The second kappa shape index (κ2) is 10.1. The summed E-state index contributed by atoms with van der Waals surface area (Å²) in [6.07, 6.45) is 4.71. The summed E-state index contributed by atoms with van der Waals surface area (Å²) in [5.74, 6) is -0.453. The van der Waals surface area contributed by atoms with Gasteiger partial charge in [-0.1, -0.05) is 12.1 Å². The van der Waals surface area contributed by atoms with Gasteiger partial charge in [-0.15, -0.1) is 0 Å². The third-order valence-corrected chi connectivity index (χ3v) is 6.74. The predicted octanol–water partition coefficient (Wildman–Crippen LogP) is 3.44. The minimum atomic E-state index is -1.08. The van der Waals surface area contributed by atoms with Crippen LogP contribution in [-0.2, 0) is 0 Å². The Bertz CT molecular complexity index is 1560. The normalized spacial score (nSPS) is 14.5. The van der Waals surface area contributed by atoms with Crippen molar-refractivity contribution in [2.24, 2.45) is 0 Å². The average molecular weight is 518 g/mol. The lowest BCUT2D eigenvalue weighted by Gasteiger charge is -2.36. The Balaban J connectivity index is 1.48. The first-order valence-corrected chi connectivity index (χ1v) is 12.3. The summed E-state index contributed by atoms with van der Waals surface area (Å²) in [6.45, 7) is 7.94. The molecule has 1 aliphatic heterocycles. The van der Waals surface area contributed by atoms with Crippen LogP contribution in [0.3, 0.4) is 0 Å². The molecule has 4 aromatic rings. The van der Waals surface area contributed by atoms with E-state index in [4.69, 9.17) is 4.98 Å². The maximum atomic E-state index is 14.7. The van der Waals surface area contributed by atoms with Gasteiger partial charge in [-0.2, -0.15) is 0 Å². The van der Waals surface area contributed by atoms with Crippen molar-refractivity contribution in [1.82, 2.24) is 19.4 Å². The molecule has 0 bridgehead atoms. The van der Waals surface area contributed by atoms with E-state index in [1.165, 1.54) is 16.5 Å². The number of nitrogens with one attached hydrogen (secondary N) is 1. The molecule has 4 heterocycles. The lowest BCUT2D eigenvalue weighted by molar-refractivity contribution is 0.0698. The summed E-state index contributed by atoms with van der Waals surface area (Å²) >= 11 is 0. The van der Waals surface area contributed by atoms with Gasteiger partial charge in [-0.25, -0.2) is 24.1 Å². The summed E-state index contributed by atoms with van der Waals surface area (Å²) in [4.78, 5) is 42.8. The van der Waals surface area contributed by atoms with Crippen molar-refractivity contribution in [2.75, 3.05) is 41.3 Å². The van der Waals surface area contributed by atoms with Crippen LogP contribution in [0.5, 0.6) is 0 Å². The molecule has 0 saturated carbocycles. The topological polar surface area (TPSA) is 116 Å². The van der Waals surface area contributed by atoms with E-state index in [2.05, 4.69) is 20.2 Å². The van der Waals surface area contributed by atoms with Gasteiger partial charge in [0.25, 0.3) is 5.56 Å². The number of hydrogen-bond donors (Lipinski definition) is 2. The number of para-hydroxylation sites is 1. The van der Waals surface area contributed by atoms with Gasteiger partial charge in [0, 0.05) is 56.0 Å².